The van der Waals surface area contributed by atoms with Gasteiger partial charge in [-0.3, -0.25) is 52.7 Å². The molecule has 24 nitrogen and oxygen atoms in total. The van der Waals surface area contributed by atoms with Gasteiger partial charge < -0.3 is 66.4 Å². The monoisotopic (exact) mass is 1240 g/mol. The lowest BCUT2D eigenvalue weighted by molar-refractivity contribution is -0.157. The molecule has 1 unspecified atom stereocenters. The third-order valence-electron chi connectivity index (χ3n) is 16.8. The van der Waals surface area contributed by atoms with Gasteiger partial charge in [-0.1, -0.05) is 109 Å². The molecular formula is C64H116N12O12. The first-order valence-electron chi connectivity index (χ1n) is 31.8. The van der Waals surface area contributed by atoms with Gasteiger partial charge in [0.05, 0.1) is 6.10 Å². The fourth-order valence-corrected chi connectivity index (χ4v) is 11.3. The molecule has 0 spiro atoms. The molecule has 7 N–H and O–H groups in total. The van der Waals surface area contributed by atoms with Gasteiger partial charge in [0, 0.05) is 49.3 Å². The molecule has 1 saturated heterocycles. The largest absolute Gasteiger partial charge is 0.390 e. The fraction of sp³-hybridized carbons (Fsp3) is 0.797. The first-order valence-corrected chi connectivity index (χ1v) is 31.8. The van der Waals surface area contributed by atoms with E-state index >= 15 is 9.59 Å². The van der Waals surface area contributed by atoms with Crippen molar-refractivity contribution in [3.05, 3.63) is 12.2 Å². The number of nitrogens with one attached hydrogen (secondary N) is 4. The summed E-state index contributed by atoms with van der Waals surface area (Å²) in [5.41, 5.74) is 6.12. The maximum Gasteiger partial charge on any atom is 0.246 e. The highest BCUT2D eigenvalue weighted by Crippen LogP contribution is 2.26. The van der Waals surface area contributed by atoms with E-state index in [0.29, 0.717) is 6.42 Å². The number of nitrogens with zero attached hydrogens (tertiary/aromatic N) is 7. The van der Waals surface area contributed by atoms with Crippen LogP contribution in [0.4, 0.5) is 0 Å². The van der Waals surface area contributed by atoms with Crippen molar-refractivity contribution in [3.63, 3.8) is 0 Å². The van der Waals surface area contributed by atoms with E-state index in [2.05, 4.69) is 21.3 Å². The van der Waals surface area contributed by atoms with Crippen molar-refractivity contribution in [2.75, 3.05) is 55.9 Å². The average Bonchev–Trinajstić information content (AvgIpc) is 1.33. The molecule has 1 aliphatic rings. The molecule has 24 heteroatoms. The quantitative estimate of drug-likeness (QED) is 0.114. The van der Waals surface area contributed by atoms with Gasteiger partial charge in [0.1, 0.15) is 66.5 Å². The lowest BCUT2D eigenvalue weighted by Gasteiger charge is -2.41. The van der Waals surface area contributed by atoms with Crippen LogP contribution in [0.5, 0.6) is 0 Å². The van der Waals surface area contributed by atoms with E-state index in [4.69, 9.17) is 5.73 Å². The van der Waals surface area contributed by atoms with Gasteiger partial charge >= 0.3 is 0 Å². The predicted octanol–water partition coefficient (Wildman–Crippen LogP) is 2.99. The molecule has 88 heavy (non-hydrogen) atoms. The number of allylic oxidation sites excluding steroid dienone is 2. The molecule has 0 aromatic heterocycles. The molecule has 1 aliphatic heterocycles. The Morgan fingerprint density at radius 3 is 1.26 bits per heavy atom. The van der Waals surface area contributed by atoms with Crippen LogP contribution in [0.3, 0.4) is 0 Å². The van der Waals surface area contributed by atoms with E-state index in [-0.39, 0.29) is 68.7 Å². The number of amides is 11. The van der Waals surface area contributed by atoms with E-state index in [1.165, 1.54) is 87.7 Å². The Morgan fingerprint density at radius 2 is 0.830 bits per heavy atom. The highest BCUT2D eigenvalue weighted by Gasteiger charge is 2.46. The molecule has 1 fully saturated rings. The number of aliphatic hydroxyl groups is 1. The molecule has 1 rings (SSSR count). The number of hydrogen-bond acceptors (Lipinski definition) is 13. The zero-order valence-corrected chi connectivity index (χ0v) is 57.9. The third kappa shape index (κ3) is 21.8. The SMILES string of the molecule is C/C=C/C[C@@H](C)[C@@H](O)C1C(=O)N[C@@H](CC)C(=O)N(C)[C@H](CCN)C(=O)N(C)[C@@H](CC(C)C)C(=O)N[C@H](C(C)C)C(=O)N(C)[C@H](CC(C)C)C(=O)N[C@H](C)C(=O)N[C@@H](C)C(=O)N(C)[C@H](CC(C)C)C(=O)N(C)[C@@H](CC(C)C)C(=O)N(C)[C@@H](C(C)C)C(=O)N1C. The van der Waals surface area contributed by atoms with Gasteiger partial charge in [-0.05, 0) is 114 Å². The number of likely N-dealkylation sites (N-methyl/N-ethyl adjacent to an activating group) is 7. The minimum atomic E-state index is -1.64. The van der Waals surface area contributed by atoms with Gasteiger partial charge in [-0.15, -0.1) is 0 Å². The first-order chi connectivity index (χ1) is 40.7. The maximum atomic E-state index is 15.2. The van der Waals surface area contributed by atoms with Crippen LogP contribution >= 0.6 is 0 Å². The summed E-state index contributed by atoms with van der Waals surface area (Å²) < 4.78 is 0. The maximum absolute atomic E-state index is 15.2. The first kappa shape index (κ1) is 79.8. The lowest BCUT2D eigenvalue weighted by Crippen LogP contribution is -2.64. The fourth-order valence-electron chi connectivity index (χ4n) is 11.3. The summed E-state index contributed by atoms with van der Waals surface area (Å²) in [6.45, 7) is 29.8. The number of rotatable bonds is 17. The van der Waals surface area contributed by atoms with Gasteiger partial charge in [0.25, 0.3) is 0 Å². The van der Waals surface area contributed by atoms with Crippen molar-refractivity contribution in [3.8, 4) is 0 Å². The number of aliphatic hydroxyl groups excluding tert-OH is 1. The smallest absolute Gasteiger partial charge is 0.246 e. The Labute approximate surface area is 526 Å². The highest BCUT2D eigenvalue weighted by molar-refractivity contribution is 6.00. The Kier molecular flexibility index (Phi) is 33.1. The van der Waals surface area contributed by atoms with Crippen molar-refractivity contribution >= 4 is 65.0 Å². The van der Waals surface area contributed by atoms with Crippen LogP contribution in [0.2, 0.25) is 0 Å². The molecule has 0 aromatic rings. The molecule has 0 saturated carbocycles. The second-order valence-electron chi connectivity index (χ2n) is 26.9. The molecule has 0 aromatic carbocycles. The molecule has 504 valence electrons. The standard InChI is InChI=1S/C64H116N12O12/c1-25-27-28-41(15)53(77)52-57(81)68-44(26-2)59(83)70(18)45(29-30-65)60(84)71(19)47(32-36(5)6)56(80)69-50(39(11)12)63(87)72(20)46(31-35(3)4)55(79)66-42(16)54(78)67-43(17)58(82)73(21)48(33-37(7)8)61(85)74(22)49(34-38(9)10)62(86)75(23)51(40(13)14)64(88)76(52)24/h25,27,35-53,77H,26,28-34,65H2,1-24H3,(H,66,79)(H,67,78)(H,68,81)(H,69,80)/b27-25+/t41-,42-,43+,44+,45-,46-,47+,48-,49+,50-,51+,52?,53-/m1/s1. The third-order valence-corrected chi connectivity index (χ3v) is 16.8. The number of hydrogen-bond donors (Lipinski definition) is 6. The summed E-state index contributed by atoms with van der Waals surface area (Å²) in [4.78, 5) is 171. The van der Waals surface area contributed by atoms with Crippen LogP contribution in [0.25, 0.3) is 0 Å². The van der Waals surface area contributed by atoms with Crippen molar-refractivity contribution in [2.24, 2.45) is 47.2 Å². The molecule has 1 heterocycles. The summed E-state index contributed by atoms with van der Waals surface area (Å²) >= 11 is 0. The van der Waals surface area contributed by atoms with Crippen LogP contribution in [0, 0.1) is 41.4 Å². The van der Waals surface area contributed by atoms with E-state index in [1.54, 1.807) is 60.6 Å². The van der Waals surface area contributed by atoms with Gasteiger partial charge in [-0.2, -0.15) is 0 Å². The Hall–Kier alpha value is -6.17. The van der Waals surface area contributed by atoms with E-state index in [9.17, 15) is 48.3 Å². The molecule has 0 bridgehead atoms. The average molecular weight is 1250 g/mol. The molecule has 0 radical (unpaired) electrons. The minimum absolute atomic E-state index is 0.00952. The van der Waals surface area contributed by atoms with Crippen molar-refractivity contribution in [1.29, 1.82) is 0 Å². The highest BCUT2D eigenvalue weighted by atomic mass is 16.3. The topological polar surface area (TPSA) is 305 Å². The second kappa shape index (κ2) is 36.5. The van der Waals surface area contributed by atoms with E-state index in [0.717, 1.165) is 9.80 Å². The van der Waals surface area contributed by atoms with Crippen molar-refractivity contribution < 1.29 is 57.8 Å². The number of carbonyl (C=O) groups is 11. The summed E-state index contributed by atoms with van der Waals surface area (Å²) in [5.74, 6) is -9.97. The molecule has 13 atom stereocenters. The molecular weight excluding hydrogens is 1130 g/mol. The van der Waals surface area contributed by atoms with Crippen LogP contribution < -0.4 is 27.0 Å². The minimum Gasteiger partial charge on any atom is -0.390 e. The molecule has 0 aliphatic carbocycles. The second-order valence-corrected chi connectivity index (χ2v) is 26.9. The Bertz CT molecular complexity index is 2400. The number of nitrogens with two attached hydrogens (primary N) is 1. The van der Waals surface area contributed by atoms with Crippen LogP contribution in [0.1, 0.15) is 163 Å². The van der Waals surface area contributed by atoms with Gasteiger partial charge in [0.2, 0.25) is 65.0 Å². The normalized spacial score (nSPS) is 27.2. The van der Waals surface area contributed by atoms with Gasteiger partial charge in [0.15, 0.2) is 0 Å². The van der Waals surface area contributed by atoms with Crippen molar-refractivity contribution in [1.82, 2.24) is 55.6 Å². The summed E-state index contributed by atoms with van der Waals surface area (Å²) in [5, 5.41) is 23.2. The van der Waals surface area contributed by atoms with Crippen LogP contribution in [-0.2, 0) is 52.7 Å². The van der Waals surface area contributed by atoms with Crippen LogP contribution in [-0.4, -0.2) is 233 Å². The Morgan fingerprint density at radius 1 is 0.443 bits per heavy atom. The zero-order chi connectivity index (χ0) is 68.3. The molecule has 11 amide bonds. The van der Waals surface area contributed by atoms with Crippen LogP contribution in [0.15, 0.2) is 12.2 Å². The summed E-state index contributed by atoms with van der Waals surface area (Å²) in [6, 6.07) is -13.8. The summed E-state index contributed by atoms with van der Waals surface area (Å²) in [7, 11) is 9.92. The van der Waals surface area contributed by atoms with E-state index < -0.39 is 155 Å². The lowest BCUT2D eigenvalue weighted by atomic mass is 9.91. The predicted molar refractivity (Wildman–Crippen MR) is 341 cm³/mol. The van der Waals surface area contributed by atoms with Gasteiger partial charge in [-0.25, -0.2) is 0 Å². The zero-order valence-electron chi connectivity index (χ0n) is 57.9. The van der Waals surface area contributed by atoms with Crippen molar-refractivity contribution in [2.45, 2.75) is 235 Å². The van der Waals surface area contributed by atoms with E-state index in [1.807, 2.05) is 55.4 Å². The summed E-state index contributed by atoms with van der Waals surface area (Å²) in [6.07, 6.45) is 2.84. The number of carbonyl (C=O) groups excluding carboxylic acids is 11. The Balaban J connectivity index is 4.45.